The summed E-state index contributed by atoms with van der Waals surface area (Å²) in [4.78, 5) is 2.52. The highest BCUT2D eigenvalue weighted by molar-refractivity contribution is 5.29. The number of rotatable bonds is 5. The Kier molecular flexibility index (Phi) is 4.33. The number of hydrogen-bond acceptors (Lipinski definition) is 4. The topological polar surface area (TPSA) is 33.7 Å². The monoisotopic (exact) mass is 262 g/mol. The summed E-state index contributed by atoms with van der Waals surface area (Å²) in [5.41, 5.74) is 1.36. The van der Waals surface area contributed by atoms with Gasteiger partial charge in [0.1, 0.15) is 11.9 Å². The van der Waals surface area contributed by atoms with E-state index in [1.54, 1.807) is 0 Å². The molecule has 3 rings (SSSR count). The van der Waals surface area contributed by atoms with Gasteiger partial charge >= 0.3 is 0 Å². The number of nitrogens with one attached hydrogen (secondary N) is 1. The molecule has 0 bridgehead atoms. The zero-order valence-corrected chi connectivity index (χ0v) is 11.3. The molecule has 1 N–H and O–H groups in total. The second-order valence-electron chi connectivity index (χ2n) is 5.27. The van der Waals surface area contributed by atoms with Crippen LogP contribution in [0.1, 0.15) is 5.56 Å². The number of hydrogen-bond donors (Lipinski definition) is 1. The molecule has 4 nitrogen and oxygen atoms in total. The Morgan fingerprint density at radius 1 is 1.26 bits per heavy atom. The lowest BCUT2D eigenvalue weighted by Crippen LogP contribution is -2.44. The molecule has 2 heterocycles. The molecule has 2 aliphatic heterocycles. The van der Waals surface area contributed by atoms with Gasteiger partial charge in [-0.1, -0.05) is 12.1 Å². The normalized spacial score (nSPS) is 21.1. The predicted octanol–water partition coefficient (Wildman–Crippen LogP) is 0.912. The van der Waals surface area contributed by atoms with E-state index in [2.05, 4.69) is 28.4 Å². The predicted molar refractivity (Wildman–Crippen MR) is 74.7 cm³/mol. The maximum absolute atomic E-state index is 5.83. The zero-order valence-electron chi connectivity index (χ0n) is 11.3. The van der Waals surface area contributed by atoms with Crippen molar-refractivity contribution in [2.45, 2.75) is 12.5 Å². The van der Waals surface area contributed by atoms with Crippen LogP contribution in [0.5, 0.6) is 5.75 Å². The Balaban J connectivity index is 1.50. The smallest absolute Gasteiger partial charge is 0.145 e. The van der Waals surface area contributed by atoms with Crippen LogP contribution in [0.2, 0.25) is 0 Å². The summed E-state index contributed by atoms with van der Waals surface area (Å²) in [5.74, 6) is 0.978. The minimum absolute atomic E-state index is 0.253. The number of nitrogens with zero attached hydrogens (tertiary/aromatic N) is 1. The SMILES string of the molecule is c1cc(CCN2CCNCC2)cc(OC2COC2)c1. The van der Waals surface area contributed by atoms with Crippen molar-refractivity contribution in [2.75, 3.05) is 45.9 Å². The van der Waals surface area contributed by atoms with Gasteiger partial charge in [0, 0.05) is 32.7 Å². The summed E-state index contributed by atoms with van der Waals surface area (Å²) < 4.78 is 11.0. The van der Waals surface area contributed by atoms with Gasteiger partial charge in [-0.15, -0.1) is 0 Å². The van der Waals surface area contributed by atoms with Crippen molar-refractivity contribution in [2.24, 2.45) is 0 Å². The minimum Gasteiger partial charge on any atom is -0.486 e. The number of piperazine rings is 1. The Morgan fingerprint density at radius 2 is 2.11 bits per heavy atom. The molecule has 1 aromatic rings. The highest BCUT2D eigenvalue weighted by Crippen LogP contribution is 2.18. The van der Waals surface area contributed by atoms with E-state index in [9.17, 15) is 0 Å². The minimum atomic E-state index is 0.253. The lowest BCUT2D eigenvalue weighted by Gasteiger charge is -2.28. The molecule has 2 aliphatic rings. The first-order valence-corrected chi connectivity index (χ1v) is 7.16. The first kappa shape index (κ1) is 12.9. The summed E-state index contributed by atoms with van der Waals surface area (Å²) in [6, 6.07) is 8.47. The van der Waals surface area contributed by atoms with Crippen molar-refractivity contribution in [1.29, 1.82) is 0 Å². The van der Waals surface area contributed by atoms with Gasteiger partial charge in [0.15, 0.2) is 0 Å². The number of ether oxygens (including phenoxy) is 2. The standard InChI is InChI=1S/C15H22N2O2/c1-2-13(4-7-17-8-5-16-6-9-17)10-14(3-1)19-15-11-18-12-15/h1-3,10,15-16H,4-9,11-12H2. The molecule has 2 saturated heterocycles. The molecule has 0 aromatic heterocycles. The van der Waals surface area contributed by atoms with Crippen molar-refractivity contribution >= 4 is 0 Å². The lowest BCUT2D eigenvalue weighted by molar-refractivity contribution is -0.0797. The van der Waals surface area contributed by atoms with Crippen LogP contribution in [0, 0.1) is 0 Å². The van der Waals surface area contributed by atoms with Crippen LogP contribution in [0.25, 0.3) is 0 Å². The van der Waals surface area contributed by atoms with E-state index in [4.69, 9.17) is 9.47 Å². The summed E-state index contributed by atoms with van der Waals surface area (Å²) in [6.45, 7) is 7.15. The van der Waals surface area contributed by atoms with Gasteiger partial charge < -0.3 is 19.7 Å². The second-order valence-corrected chi connectivity index (χ2v) is 5.27. The Morgan fingerprint density at radius 3 is 2.84 bits per heavy atom. The van der Waals surface area contributed by atoms with E-state index in [1.165, 1.54) is 5.56 Å². The highest BCUT2D eigenvalue weighted by atomic mass is 16.6. The molecule has 0 unspecified atom stereocenters. The molecular formula is C15H22N2O2. The average Bonchev–Trinajstić information content (AvgIpc) is 2.42. The van der Waals surface area contributed by atoms with Gasteiger partial charge in [0.25, 0.3) is 0 Å². The van der Waals surface area contributed by atoms with Gasteiger partial charge in [-0.3, -0.25) is 0 Å². The second kappa shape index (κ2) is 6.37. The van der Waals surface area contributed by atoms with Crippen LogP contribution in [0.15, 0.2) is 24.3 Å². The summed E-state index contributed by atoms with van der Waals surface area (Å²) in [7, 11) is 0. The van der Waals surface area contributed by atoms with E-state index < -0.39 is 0 Å². The lowest BCUT2D eigenvalue weighted by atomic mass is 10.1. The van der Waals surface area contributed by atoms with E-state index in [0.29, 0.717) is 0 Å². The average molecular weight is 262 g/mol. The van der Waals surface area contributed by atoms with Gasteiger partial charge in [-0.25, -0.2) is 0 Å². The van der Waals surface area contributed by atoms with Crippen molar-refractivity contribution in [3.63, 3.8) is 0 Å². The third kappa shape index (κ3) is 3.69. The van der Waals surface area contributed by atoms with Crippen LogP contribution in [0.4, 0.5) is 0 Å². The van der Waals surface area contributed by atoms with Crippen molar-refractivity contribution in [3.8, 4) is 5.75 Å². The zero-order chi connectivity index (χ0) is 12.9. The molecule has 0 amide bonds. The molecule has 4 heteroatoms. The van der Waals surface area contributed by atoms with E-state index >= 15 is 0 Å². The van der Waals surface area contributed by atoms with E-state index in [-0.39, 0.29) is 6.10 Å². The van der Waals surface area contributed by atoms with Gasteiger partial charge in [0.2, 0.25) is 0 Å². The molecule has 0 radical (unpaired) electrons. The maximum Gasteiger partial charge on any atom is 0.145 e. The fraction of sp³-hybridized carbons (Fsp3) is 0.600. The molecule has 0 saturated carbocycles. The summed E-state index contributed by atoms with van der Waals surface area (Å²) >= 11 is 0. The van der Waals surface area contributed by atoms with Crippen LogP contribution in [-0.2, 0) is 11.2 Å². The molecule has 104 valence electrons. The van der Waals surface area contributed by atoms with E-state index in [0.717, 1.165) is 58.1 Å². The van der Waals surface area contributed by atoms with Crippen LogP contribution in [-0.4, -0.2) is 56.9 Å². The summed E-state index contributed by atoms with van der Waals surface area (Å²) in [6.07, 6.45) is 1.35. The summed E-state index contributed by atoms with van der Waals surface area (Å²) in [5, 5.41) is 3.38. The van der Waals surface area contributed by atoms with Crippen molar-refractivity contribution in [3.05, 3.63) is 29.8 Å². The fourth-order valence-corrected chi connectivity index (χ4v) is 2.47. The first-order valence-electron chi connectivity index (χ1n) is 7.16. The van der Waals surface area contributed by atoms with Crippen LogP contribution >= 0.6 is 0 Å². The Hall–Kier alpha value is -1.10. The fourth-order valence-electron chi connectivity index (χ4n) is 2.47. The largest absolute Gasteiger partial charge is 0.486 e. The van der Waals surface area contributed by atoms with E-state index in [1.807, 2.05) is 6.07 Å². The molecule has 2 fully saturated rings. The molecular weight excluding hydrogens is 240 g/mol. The molecule has 0 spiro atoms. The van der Waals surface area contributed by atoms with Crippen LogP contribution in [0.3, 0.4) is 0 Å². The quantitative estimate of drug-likeness (QED) is 0.855. The molecule has 1 aromatic carbocycles. The van der Waals surface area contributed by atoms with Gasteiger partial charge in [0.05, 0.1) is 13.2 Å². The highest BCUT2D eigenvalue weighted by Gasteiger charge is 2.20. The van der Waals surface area contributed by atoms with Crippen molar-refractivity contribution < 1.29 is 9.47 Å². The Labute approximate surface area is 114 Å². The Bertz CT molecular complexity index is 401. The third-order valence-corrected chi connectivity index (χ3v) is 3.74. The molecule has 0 aliphatic carbocycles. The third-order valence-electron chi connectivity index (χ3n) is 3.74. The van der Waals surface area contributed by atoms with Gasteiger partial charge in [-0.05, 0) is 24.1 Å². The number of benzene rings is 1. The molecule has 19 heavy (non-hydrogen) atoms. The maximum atomic E-state index is 5.83. The van der Waals surface area contributed by atoms with Crippen molar-refractivity contribution in [1.82, 2.24) is 10.2 Å². The van der Waals surface area contributed by atoms with Crippen LogP contribution < -0.4 is 10.1 Å². The molecule has 0 atom stereocenters. The van der Waals surface area contributed by atoms with Gasteiger partial charge in [-0.2, -0.15) is 0 Å². The first-order chi connectivity index (χ1) is 9.40.